The lowest BCUT2D eigenvalue weighted by atomic mass is 10.1. The zero-order chi connectivity index (χ0) is 24.5. The summed E-state index contributed by atoms with van der Waals surface area (Å²) >= 11 is 0. The van der Waals surface area contributed by atoms with Crippen LogP contribution in [0.4, 0.5) is 4.79 Å². The van der Waals surface area contributed by atoms with E-state index in [9.17, 15) is 18.0 Å². The molecule has 2 amide bonds. The fourth-order valence-corrected chi connectivity index (χ4v) is 6.11. The number of aryl methyl sites for hydroxylation is 2. The molecule has 1 aliphatic heterocycles. The molecule has 0 atom stereocenters. The second kappa shape index (κ2) is 9.92. The lowest BCUT2D eigenvalue weighted by Crippen LogP contribution is -2.53. The van der Waals surface area contributed by atoms with Crippen LogP contribution in [0, 0.1) is 20.8 Å². The highest BCUT2D eigenvalue weighted by molar-refractivity contribution is 7.90. The smallest absolute Gasteiger partial charge is 0.331 e. The van der Waals surface area contributed by atoms with Crippen molar-refractivity contribution in [1.29, 1.82) is 0 Å². The molecule has 1 aliphatic carbocycles. The van der Waals surface area contributed by atoms with Gasteiger partial charge in [-0.1, -0.05) is 30.5 Å². The summed E-state index contributed by atoms with van der Waals surface area (Å²) in [7, 11) is -3.92. The molecular weight excluding hydrogens is 452 g/mol. The maximum absolute atomic E-state index is 13.1. The molecule has 0 bridgehead atoms. The van der Waals surface area contributed by atoms with E-state index in [0.29, 0.717) is 38.8 Å². The first-order valence-corrected chi connectivity index (χ1v) is 13.5. The van der Waals surface area contributed by atoms with E-state index in [1.807, 2.05) is 24.8 Å². The molecule has 2 aromatic rings. The SMILES string of the molecule is Cc1ccc(S(=O)(=O)NC(=O)N2CCN(CC(=O)c3cc(C)n(C4CCCC4)c3C)CC2)cc1. The number of rotatable bonds is 6. The third-order valence-electron chi connectivity index (χ3n) is 7.05. The monoisotopic (exact) mass is 486 g/mol. The molecule has 1 N–H and O–H groups in total. The minimum atomic E-state index is -3.92. The third kappa shape index (κ3) is 5.20. The fourth-order valence-electron chi connectivity index (χ4n) is 5.14. The topological polar surface area (TPSA) is 91.7 Å². The van der Waals surface area contributed by atoms with Crippen LogP contribution in [-0.4, -0.2) is 67.3 Å². The molecule has 4 rings (SSSR count). The van der Waals surface area contributed by atoms with Crippen LogP contribution < -0.4 is 4.72 Å². The van der Waals surface area contributed by atoms with E-state index in [1.54, 1.807) is 12.1 Å². The molecule has 1 aromatic carbocycles. The minimum Gasteiger partial charge on any atom is -0.345 e. The first-order valence-electron chi connectivity index (χ1n) is 12.0. The summed E-state index contributed by atoms with van der Waals surface area (Å²) in [5, 5.41) is 0. The highest BCUT2D eigenvalue weighted by atomic mass is 32.2. The number of aromatic nitrogens is 1. The lowest BCUT2D eigenvalue weighted by molar-refractivity contribution is 0.0880. The van der Waals surface area contributed by atoms with Gasteiger partial charge in [-0.05, 0) is 51.8 Å². The Morgan fingerprint density at radius 3 is 2.21 bits per heavy atom. The fraction of sp³-hybridized carbons (Fsp3) is 0.520. The predicted molar refractivity (Wildman–Crippen MR) is 131 cm³/mol. The van der Waals surface area contributed by atoms with Crippen LogP contribution in [0.1, 0.15) is 59.0 Å². The van der Waals surface area contributed by atoms with Gasteiger partial charge in [0.05, 0.1) is 11.4 Å². The Labute approximate surface area is 202 Å². The largest absolute Gasteiger partial charge is 0.345 e. The van der Waals surface area contributed by atoms with E-state index in [-0.39, 0.29) is 10.7 Å². The van der Waals surface area contributed by atoms with Gasteiger partial charge in [0.25, 0.3) is 10.0 Å². The van der Waals surface area contributed by atoms with Crippen molar-refractivity contribution in [3.63, 3.8) is 0 Å². The van der Waals surface area contributed by atoms with E-state index >= 15 is 0 Å². The Hall–Kier alpha value is -2.65. The Bertz CT molecular complexity index is 1160. The summed E-state index contributed by atoms with van der Waals surface area (Å²) in [5.41, 5.74) is 3.92. The molecule has 2 fully saturated rings. The van der Waals surface area contributed by atoms with Gasteiger partial charge in [-0.2, -0.15) is 0 Å². The first kappa shape index (κ1) is 24.5. The van der Waals surface area contributed by atoms with Gasteiger partial charge in [0.1, 0.15) is 0 Å². The molecule has 9 heteroatoms. The second-order valence-corrected chi connectivity index (χ2v) is 11.2. The van der Waals surface area contributed by atoms with Crippen molar-refractivity contribution in [1.82, 2.24) is 19.1 Å². The first-order chi connectivity index (χ1) is 16.2. The number of urea groups is 1. The molecule has 0 radical (unpaired) electrons. The van der Waals surface area contributed by atoms with Crippen LogP contribution >= 0.6 is 0 Å². The van der Waals surface area contributed by atoms with E-state index < -0.39 is 16.1 Å². The Morgan fingerprint density at radius 2 is 1.59 bits per heavy atom. The molecule has 0 unspecified atom stereocenters. The highest BCUT2D eigenvalue weighted by Gasteiger charge is 2.28. The number of nitrogens with zero attached hydrogens (tertiary/aromatic N) is 3. The van der Waals surface area contributed by atoms with Gasteiger partial charge in [-0.3, -0.25) is 9.69 Å². The standard InChI is InChI=1S/C25H34N4O4S/c1-18-8-10-22(11-9-18)34(32,33)26-25(31)28-14-12-27(13-15-28)17-24(30)23-16-19(2)29(20(23)3)21-6-4-5-7-21/h8-11,16,21H,4-7,12-15,17H2,1-3H3,(H,26,31). The molecule has 34 heavy (non-hydrogen) atoms. The molecule has 1 saturated heterocycles. The van der Waals surface area contributed by atoms with Crippen molar-refractivity contribution in [2.45, 2.75) is 57.4 Å². The van der Waals surface area contributed by atoms with Gasteiger partial charge in [0.15, 0.2) is 5.78 Å². The summed E-state index contributed by atoms with van der Waals surface area (Å²) in [6, 6.07) is 8.23. The number of carbonyl (C=O) groups is 2. The number of sulfonamides is 1. The summed E-state index contributed by atoms with van der Waals surface area (Å²) in [6.45, 7) is 8.04. The third-order valence-corrected chi connectivity index (χ3v) is 8.39. The normalized spacial score (nSPS) is 17.8. The van der Waals surface area contributed by atoms with Gasteiger partial charge < -0.3 is 9.47 Å². The number of hydrogen-bond donors (Lipinski definition) is 1. The van der Waals surface area contributed by atoms with Crippen molar-refractivity contribution >= 4 is 21.8 Å². The number of amides is 2. The maximum Gasteiger partial charge on any atom is 0.331 e. The molecule has 1 saturated carbocycles. The van der Waals surface area contributed by atoms with E-state index in [0.717, 1.165) is 22.5 Å². The molecule has 2 aliphatic rings. The van der Waals surface area contributed by atoms with E-state index in [2.05, 4.69) is 16.2 Å². The maximum atomic E-state index is 13.1. The quantitative estimate of drug-likeness (QED) is 0.632. The van der Waals surface area contributed by atoms with Crippen LogP contribution in [0.2, 0.25) is 0 Å². The number of carbonyl (C=O) groups excluding carboxylic acids is 2. The second-order valence-electron chi connectivity index (χ2n) is 9.50. The van der Waals surface area contributed by atoms with E-state index in [1.165, 1.54) is 42.7 Å². The van der Waals surface area contributed by atoms with Crippen molar-refractivity contribution in [3.05, 3.63) is 52.8 Å². The number of benzene rings is 1. The summed E-state index contributed by atoms with van der Waals surface area (Å²) in [5.74, 6) is 0.0946. The number of nitrogens with one attached hydrogen (secondary N) is 1. The van der Waals surface area contributed by atoms with Crippen LogP contribution in [-0.2, 0) is 10.0 Å². The van der Waals surface area contributed by atoms with Crippen molar-refractivity contribution in [2.24, 2.45) is 0 Å². The molecule has 1 aromatic heterocycles. The zero-order valence-corrected chi connectivity index (χ0v) is 21.0. The molecule has 184 valence electrons. The van der Waals surface area contributed by atoms with Crippen LogP contribution in [0.5, 0.6) is 0 Å². The van der Waals surface area contributed by atoms with Crippen molar-refractivity contribution in [3.8, 4) is 0 Å². The minimum absolute atomic E-state index is 0.0610. The Morgan fingerprint density at radius 1 is 0.971 bits per heavy atom. The molecule has 2 heterocycles. The van der Waals surface area contributed by atoms with Gasteiger partial charge in [0, 0.05) is 49.2 Å². The average molecular weight is 487 g/mol. The number of ketones is 1. The predicted octanol–water partition coefficient (Wildman–Crippen LogP) is 3.43. The van der Waals surface area contributed by atoms with Crippen molar-refractivity contribution in [2.75, 3.05) is 32.7 Å². The van der Waals surface area contributed by atoms with E-state index in [4.69, 9.17) is 0 Å². The summed E-state index contributed by atoms with van der Waals surface area (Å²) in [4.78, 5) is 29.2. The Kier molecular flexibility index (Phi) is 7.14. The van der Waals surface area contributed by atoms with Gasteiger partial charge in [0.2, 0.25) is 0 Å². The van der Waals surface area contributed by atoms with Gasteiger partial charge >= 0.3 is 6.03 Å². The van der Waals surface area contributed by atoms with Crippen LogP contribution in [0.25, 0.3) is 0 Å². The summed E-state index contributed by atoms with van der Waals surface area (Å²) < 4.78 is 29.5. The molecular formula is C25H34N4O4S. The van der Waals surface area contributed by atoms with Crippen molar-refractivity contribution < 1.29 is 18.0 Å². The average Bonchev–Trinajstić information content (AvgIpc) is 3.41. The highest BCUT2D eigenvalue weighted by Crippen LogP contribution is 2.33. The summed E-state index contributed by atoms with van der Waals surface area (Å²) in [6.07, 6.45) is 4.84. The molecule has 8 nitrogen and oxygen atoms in total. The van der Waals surface area contributed by atoms with Crippen LogP contribution in [0.3, 0.4) is 0 Å². The number of Topliss-reactive ketones (excluding diaryl/α,β-unsaturated/α-hetero) is 1. The van der Waals surface area contributed by atoms with Gasteiger partial charge in [-0.25, -0.2) is 17.9 Å². The van der Waals surface area contributed by atoms with Gasteiger partial charge in [-0.15, -0.1) is 0 Å². The van der Waals surface area contributed by atoms with Crippen LogP contribution in [0.15, 0.2) is 35.2 Å². The Balaban J connectivity index is 1.32. The number of piperazine rings is 1. The number of hydrogen-bond acceptors (Lipinski definition) is 5. The molecule has 0 spiro atoms. The lowest BCUT2D eigenvalue weighted by Gasteiger charge is -2.34. The zero-order valence-electron chi connectivity index (χ0n) is 20.2.